The van der Waals surface area contributed by atoms with E-state index in [-0.39, 0.29) is 10.7 Å². The van der Waals surface area contributed by atoms with Crippen LogP contribution in [0.4, 0.5) is 39.5 Å². The Morgan fingerprint density at radius 2 is 1.73 bits per heavy atom. The summed E-state index contributed by atoms with van der Waals surface area (Å²) in [5.74, 6) is -3.36. The molecule has 0 bridgehead atoms. The molecule has 0 saturated heterocycles. The van der Waals surface area contributed by atoms with Gasteiger partial charge in [-0.3, -0.25) is 0 Å². The predicted molar refractivity (Wildman–Crippen MR) is 67.5 cm³/mol. The molecule has 0 radical (unpaired) electrons. The summed E-state index contributed by atoms with van der Waals surface area (Å²) in [4.78, 5) is 11.8. The van der Waals surface area contributed by atoms with Gasteiger partial charge in [-0.25, -0.2) is 13.9 Å². The first kappa shape index (κ1) is 21.8. The van der Waals surface area contributed by atoms with Crippen molar-refractivity contribution < 1.29 is 49.0 Å². The molecular formula is C13H11F9N2O2. The minimum Gasteiger partial charge on any atom is -0.464 e. The van der Waals surface area contributed by atoms with E-state index in [0.29, 0.717) is 0 Å². The second-order valence-electron chi connectivity index (χ2n) is 4.86. The lowest BCUT2D eigenvalue weighted by Crippen LogP contribution is -2.27. The van der Waals surface area contributed by atoms with Crippen LogP contribution in [0.25, 0.3) is 0 Å². The summed E-state index contributed by atoms with van der Waals surface area (Å²) in [5.41, 5.74) is -3.71. The van der Waals surface area contributed by atoms with Crippen LogP contribution >= 0.6 is 0 Å². The van der Waals surface area contributed by atoms with Gasteiger partial charge in [0.05, 0.1) is 6.61 Å². The molecule has 1 rings (SSSR count). The van der Waals surface area contributed by atoms with E-state index in [9.17, 15) is 44.3 Å². The highest BCUT2D eigenvalue weighted by atomic mass is 19.4. The summed E-state index contributed by atoms with van der Waals surface area (Å²) in [6.45, 7) is 0.232. The standard InChI is InChI=1S/C13H11F9N2O2/c1-2-7(11(25)26-4-3-6(14)10(15)16)24-9(13(20,21)22)5-8(23-24)12(17,18)19/h5,7H,2-4H2,1H3. The zero-order valence-corrected chi connectivity index (χ0v) is 12.9. The zero-order chi connectivity index (χ0) is 20.3. The van der Waals surface area contributed by atoms with E-state index in [1.807, 2.05) is 0 Å². The highest BCUT2D eigenvalue weighted by Crippen LogP contribution is 2.37. The topological polar surface area (TPSA) is 44.1 Å². The Morgan fingerprint density at radius 3 is 2.15 bits per heavy atom. The van der Waals surface area contributed by atoms with Gasteiger partial charge in [-0.05, 0) is 6.42 Å². The van der Waals surface area contributed by atoms with E-state index in [2.05, 4.69) is 9.84 Å². The third-order valence-electron chi connectivity index (χ3n) is 3.04. The van der Waals surface area contributed by atoms with Gasteiger partial charge in [0.15, 0.2) is 11.5 Å². The SMILES string of the molecule is CCC(C(=O)OCCC(F)=C(F)F)n1nc(C(F)(F)F)cc1C(F)(F)F. The minimum atomic E-state index is -5.25. The summed E-state index contributed by atoms with van der Waals surface area (Å²) < 4.78 is 117. The highest BCUT2D eigenvalue weighted by Gasteiger charge is 2.44. The number of ether oxygens (including phenoxy) is 1. The largest absolute Gasteiger partial charge is 0.464 e. The number of hydrogen-bond donors (Lipinski definition) is 0. The number of aromatic nitrogens is 2. The maximum atomic E-state index is 12.9. The molecule has 0 aromatic carbocycles. The summed E-state index contributed by atoms with van der Waals surface area (Å²) in [6, 6.07) is -2.18. The van der Waals surface area contributed by atoms with Crippen LogP contribution in [0.2, 0.25) is 0 Å². The predicted octanol–water partition coefficient (Wildman–Crippen LogP) is 4.88. The fourth-order valence-electron chi connectivity index (χ4n) is 1.85. The van der Waals surface area contributed by atoms with E-state index in [4.69, 9.17) is 0 Å². The van der Waals surface area contributed by atoms with Gasteiger partial charge in [0, 0.05) is 12.5 Å². The van der Waals surface area contributed by atoms with Crippen LogP contribution in [-0.2, 0) is 21.9 Å². The molecule has 13 heteroatoms. The van der Waals surface area contributed by atoms with Crippen LogP contribution < -0.4 is 0 Å². The molecule has 0 N–H and O–H groups in total. The Hall–Kier alpha value is -2.21. The van der Waals surface area contributed by atoms with Crippen molar-refractivity contribution >= 4 is 5.97 Å². The fourth-order valence-corrected chi connectivity index (χ4v) is 1.85. The summed E-state index contributed by atoms with van der Waals surface area (Å²) in [6.07, 6.45) is -14.6. The Kier molecular flexibility index (Phi) is 6.71. The lowest BCUT2D eigenvalue weighted by atomic mass is 10.2. The van der Waals surface area contributed by atoms with Crippen LogP contribution in [0.15, 0.2) is 18.0 Å². The molecule has 0 spiro atoms. The van der Waals surface area contributed by atoms with Gasteiger partial charge in [-0.2, -0.15) is 40.2 Å². The number of halogens is 9. The molecule has 0 amide bonds. The molecule has 148 valence electrons. The van der Waals surface area contributed by atoms with Crippen molar-refractivity contribution in [1.82, 2.24) is 9.78 Å². The zero-order valence-electron chi connectivity index (χ0n) is 12.9. The first-order valence-electron chi connectivity index (χ1n) is 6.89. The molecule has 1 aromatic heterocycles. The maximum absolute atomic E-state index is 12.9. The van der Waals surface area contributed by atoms with Crippen LogP contribution in [0.1, 0.15) is 37.2 Å². The first-order chi connectivity index (χ1) is 11.8. The van der Waals surface area contributed by atoms with Crippen molar-refractivity contribution in [3.63, 3.8) is 0 Å². The van der Waals surface area contributed by atoms with Gasteiger partial charge < -0.3 is 4.74 Å². The lowest BCUT2D eigenvalue weighted by molar-refractivity contribution is -0.153. The third kappa shape index (κ3) is 5.39. The van der Waals surface area contributed by atoms with Crippen molar-refractivity contribution in [2.75, 3.05) is 6.61 Å². The van der Waals surface area contributed by atoms with E-state index in [0.717, 1.165) is 0 Å². The fraction of sp³-hybridized carbons (Fsp3) is 0.538. The molecule has 4 nitrogen and oxygen atoms in total. The highest BCUT2D eigenvalue weighted by molar-refractivity contribution is 5.74. The number of carbonyl (C=O) groups is 1. The van der Waals surface area contributed by atoms with Gasteiger partial charge >= 0.3 is 24.4 Å². The van der Waals surface area contributed by atoms with Gasteiger partial charge in [0.2, 0.25) is 0 Å². The molecule has 0 aliphatic carbocycles. The molecule has 1 unspecified atom stereocenters. The minimum absolute atomic E-state index is 0.187. The smallest absolute Gasteiger partial charge is 0.435 e. The van der Waals surface area contributed by atoms with Gasteiger partial charge in [-0.1, -0.05) is 6.92 Å². The van der Waals surface area contributed by atoms with Crippen LogP contribution in [-0.4, -0.2) is 22.4 Å². The number of nitrogens with zero attached hydrogens (tertiary/aromatic N) is 2. The second kappa shape index (κ2) is 7.99. The van der Waals surface area contributed by atoms with Crippen LogP contribution in [0.3, 0.4) is 0 Å². The molecule has 0 saturated carbocycles. The molecule has 0 aliphatic rings. The molecule has 0 aliphatic heterocycles. The molecule has 0 fully saturated rings. The monoisotopic (exact) mass is 398 g/mol. The average Bonchev–Trinajstić information content (AvgIpc) is 2.93. The Labute approximate surface area is 140 Å². The second-order valence-corrected chi connectivity index (χ2v) is 4.86. The van der Waals surface area contributed by atoms with Gasteiger partial charge in [-0.15, -0.1) is 0 Å². The van der Waals surface area contributed by atoms with E-state index >= 15 is 0 Å². The Balaban J connectivity index is 3.10. The summed E-state index contributed by atoms with van der Waals surface area (Å²) in [7, 11) is 0. The van der Waals surface area contributed by atoms with Crippen molar-refractivity contribution in [2.24, 2.45) is 0 Å². The van der Waals surface area contributed by atoms with Gasteiger partial charge in [0.25, 0.3) is 0 Å². The lowest BCUT2D eigenvalue weighted by Gasteiger charge is -2.18. The van der Waals surface area contributed by atoms with Crippen molar-refractivity contribution in [3.8, 4) is 0 Å². The number of hydrogen-bond acceptors (Lipinski definition) is 3. The molecule has 1 atom stereocenters. The number of alkyl halides is 6. The molecule has 1 heterocycles. The Bertz CT molecular complexity index is 672. The van der Waals surface area contributed by atoms with Gasteiger partial charge in [0.1, 0.15) is 11.7 Å². The van der Waals surface area contributed by atoms with Crippen molar-refractivity contribution in [3.05, 3.63) is 29.4 Å². The van der Waals surface area contributed by atoms with Crippen molar-refractivity contribution in [2.45, 2.75) is 38.2 Å². The Morgan fingerprint density at radius 1 is 1.15 bits per heavy atom. The summed E-state index contributed by atoms with van der Waals surface area (Å²) in [5, 5.41) is 2.78. The number of rotatable bonds is 6. The average molecular weight is 398 g/mol. The van der Waals surface area contributed by atoms with Crippen LogP contribution in [0.5, 0.6) is 0 Å². The number of esters is 1. The number of carbonyl (C=O) groups excluding carboxylic acids is 1. The molecular weight excluding hydrogens is 387 g/mol. The van der Waals surface area contributed by atoms with Crippen molar-refractivity contribution in [1.29, 1.82) is 0 Å². The van der Waals surface area contributed by atoms with Crippen LogP contribution in [0, 0.1) is 0 Å². The first-order valence-corrected chi connectivity index (χ1v) is 6.89. The summed E-state index contributed by atoms with van der Waals surface area (Å²) >= 11 is 0. The maximum Gasteiger partial charge on any atom is 0.435 e. The third-order valence-corrected chi connectivity index (χ3v) is 3.04. The quantitative estimate of drug-likeness (QED) is 0.507. The van der Waals surface area contributed by atoms with E-state index in [1.165, 1.54) is 6.92 Å². The molecule has 26 heavy (non-hydrogen) atoms. The molecule has 1 aromatic rings. The van der Waals surface area contributed by atoms with E-state index in [1.54, 1.807) is 0 Å². The van der Waals surface area contributed by atoms with E-state index < -0.39 is 67.1 Å². The normalized spacial score (nSPS) is 13.5.